The summed E-state index contributed by atoms with van der Waals surface area (Å²) >= 11 is 0. The average molecular weight is 231 g/mol. The lowest BCUT2D eigenvalue weighted by Gasteiger charge is -2.39. The fraction of sp³-hybridized carbons (Fsp3) is 1.00. The molecule has 2 atom stereocenters. The molecule has 0 aliphatic carbocycles. The second-order valence-corrected chi connectivity index (χ2v) is 4.78. The SMILES string of the molecule is CN(C)CCCN1CC(CO)NCC1CO. The van der Waals surface area contributed by atoms with E-state index in [1.54, 1.807) is 0 Å². The maximum atomic E-state index is 9.27. The zero-order chi connectivity index (χ0) is 12.0. The second kappa shape index (κ2) is 7.19. The Bertz CT molecular complexity index is 190. The molecule has 5 heteroatoms. The second-order valence-electron chi connectivity index (χ2n) is 4.78. The Morgan fingerprint density at radius 1 is 1.31 bits per heavy atom. The topological polar surface area (TPSA) is 59.0 Å². The molecule has 96 valence electrons. The zero-order valence-electron chi connectivity index (χ0n) is 10.4. The van der Waals surface area contributed by atoms with E-state index in [1.165, 1.54) is 0 Å². The van der Waals surface area contributed by atoms with Gasteiger partial charge >= 0.3 is 0 Å². The van der Waals surface area contributed by atoms with Crippen molar-refractivity contribution in [1.29, 1.82) is 0 Å². The van der Waals surface area contributed by atoms with E-state index in [4.69, 9.17) is 5.11 Å². The molecule has 0 amide bonds. The van der Waals surface area contributed by atoms with Gasteiger partial charge in [0.05, 0.1) is 13.2 Å². The summed E-state index contributed by atoms with van der Waals surface area (Å²) in [4.78, 5) is 4.45. The minimum Gasteiger partial charge on any atom is -0.395 e. The van der Waals surface area contributed by atoms with Crippen LogP contribution in [0.2, 0.25) is 0 Å². The van der Waals surface area contributed by atoms with Crippen LogP contribution >= 0.6 is 0 Å². The number of aliphatic hydroxyl groups is 2. The van der Waals surface area contributed by atoms with E-state index >= 15 is 0 Å². The molecule has 0 spiro atoms. The van der Waals surface area contributed by atoms with E-state index in [9.17, 15) is 5.11 Å². The predicted octanol–water partition coefficient (Wildman–Crippen LogP) is -1.43. The van der Waals surface area contributed by atoms with E-state index in [2.05, 4.69) is 29.2 Å². The Morgan fingerprint density at radius 3 is 2.62 bits per heavy atom. The van der Waals surface area contributed by atoms with E-state index in [0.29, 0.717) is 0 Å². The van der Waals surface area contributed by atoms with Gasteiger partial charge in [0.15, 0.2) is 0 Å². The fourth-order valence-electron chi connectivity index (χ4n) is 2.09. The summed E-state index contributed by atoms with van der Waals surface area (Å²) in [5.41, 5.74) is 0. The van der Waals surface area contributed by atoms with Gasteiger partial charge in [-0.1, -0.05) is 0 Å². The highest BCUT2D eigenvalue weighted by molar-refractivity contribution is 4.85. The molecule has 1 fully saturated rings. The van der Waals surface area contributed by atoms with Crippen molar-refractivity contribution in [2.45, 2.75) is 18.5 Å². The number of hydrogen-bond acceptors (Lipinski definition) is 5. The third-order valence-corrected chi connectivity index (χ3v) is 3.10. The summed E-state index contributed by atoms with van der Waals surface area (Å²) in [5, 5.41) is 21.6. The molecule has 0 aromatic carbocycles. The van der Waals surface area contributed by atoms with Crippen molar-refractivity contribution in [2.75, 3.05) is 53.5 Å². The molecule has 0 radical (unpaired) electrons. The first-order valence-electron chi connectivity index (χ1n) is 6.01. The maximum Gasteiger partial charge on any atom is 0.0599 e. The lowest BCUT2D eigenvalue weighted by atomic mass is 10.1. The van der Waals surface area contributed by atoms with E-state index in [0.717, 1.165) is 32.6 Å². The van der Waals surface area contributed by atoms with Crippen molar-refractivity contribution in [1.82, 2.24) is 15.1 Å². The van der Waals surface area contributed by atoms with Gasteiger partial charge in [-0.25, -0.2) is 0 Å². The number of rotatable bonds is 6. The van der Waals surface area contributed by atoms with Crippen LogP contribution < -0.4 is 5.32 Å². The quantitative estimate of drug-likeness (QED) is 0.523. The normalized spacial score (nSPS) is 27.6. The summed E-state index contributed by atoms with van der Waals surface area (Å²) < 4.78 is 0. The van der Waals surface area contributed by atoms with Gasteiger partial charge in [0.2, 0.25) is 0 Å². The molecule has 0 saturated carbocycles. The molecule has 2 unspecified atom stereocenters. The number of nitrogens with one attached hydrogen (secondary N) is 1. The van der Waals surface area contributed by atoms with E-state index in [1.807, 2.05) is 0 Å². The number of hydrogen-bond donors (Lipinski definition) is 3. The Kier molecular flexibility index (Phi) is 6.23. The molecule has 1 saturated heterocycles. The number of nitrogens with zero attached hydrogens (tertiary/aromatic N) is 2. The fourth-order valence-corrected chi connectivity index (χ4v) is 2.09. The van der Waals surface area contributed by atoms with Crippen LogP contribution in [-0.2, 0) is 0 Å². The van der Waals surface area contributed by atoms with Crippen LogP contribution in [0.5, 0.6) is 0 Å². The van der Waals surface area contributed by atoms with Gasteiger partial charge in [-0.2, -0.15) is 0 Å². The lowest BCUT2D eigenvalue weighted by molar-refractivity contribution is 0.0623. The molecule has 0 aromatic rings. The highest BCUT2D eigenvalue weighted by atomic mass is 16.3. The van der Waals surface area contributed by atoms with Gasteiger partial charge in [0, 0.05) is 25.2 Å². The van der Waals surface area contributed by atoms with Crippen LogP contribution in [0.4, 0.5) is 0 Å². The number of aliphatic hydroxyl groups excluding tert-OH is 2. The van der Waals surface area contributed by atoms with Gasteiger partial charge in [-0.05, 0) is 33.6 Å². The van der Waals surface area contributed by atoms with Gasteiger partial charge in [0.1, 0.15) is 0 Å². The zero-order valence-corrected chi connectivity index (χ0v) is 10.4. The standard InChI is InChI=1S/C11H25N3O2/c1-13(2)4-3-5-14-7-10(8-15)12-6-11(14)9-16/h10-12,15-16H,3-9H2,1-2H3. The van der Waals surface area contributed by atoms with E-state index < -0.39 is 0 Å². The van der Waals surface area contributed by atoms with Gasteiger partial charge in [0.25, 0.3) is 0 Å². The molecule has 16 heavy (non-hydrogen) atoms. The molecule has 1 rings (SSSR count). The maximum absolute atomic E-state index is 9.27. The van der Waals surface area contributed by atoms with Gasteiger partial charge < -0.3 is 20.4 Å². The van der Waals surface area contributed by atoms with Crippen LogP contribution in [0.3, 0.4) is 0 Å². The lowest BCUT2D eigenvalue weighted by Crippen LogP contribution is -2.59. The highest BCUT2D eigenvalue weighted by Crippen LogP contribution is 2.07. The largest absolute Gasteiger partial charge is 0.395 e. The molecule has 1 aliphatic rings. The van der Waals surface area contributed by atoms with E-state index in [-0.39, 0.29) is 25.3 Å². The molecular weight excluding hydrogens is 206 g/mol. The molecule has 3 N–H and O–H groups in total. The molecule has 1 aliphatic heterocycles. The first-order chi connectivity index (χ1) is 7.67. The predicted molar refractivity (Wildman–Crippen MR) is 64.5 cm³/mol. The summed E-state index contributed by atoms with van der Waals surface area (Å²) in [5.74, 6) is 0. The minimum absolute atomic E-state index is 0.155. The van der Waals surface area contributed by atoms with Crippen molar-refractivity contribution in [3.05, 3.63) is 0 Å². The van der Waals surface area contributed by atoms with Crippen molar-refractivity contribution < 1.29 is 10.2 Å². The van der Waals surface area contributed by atoms with Crippen molar-refractivity contribution in [3.8, 4) is 0 Å². The Labute approximate surface area is 98.0 Å². The molecule has 5 nitrogen and oxygen atoms in total. The van der Waals surface area contributed by atoms with Crippen molar-refractivity contribution in [2.24, 2.45) is 0 Å². The third kappa shape index (κ3) is 4.35. The van der Waals surface area contributed by atoms with Crippen LogP contribution in [0.1, 0.15) is 6.42 Å². The van der Waals surface area contributed by atoms with Crippen LogP contribution in [0, 0.1) is 0 Å². The summed E-state index contributed by atoms with van der Waals surface area (Å²) in [6, 6.07) is 0.354. The summed E-state index contributed by atoms with van der Waals surface area (Å²) in [6.07, 6.45) is 1.10. The molecule has 0 aromatic heterocycles. The first-order valence-corrected chi connectivity index (χ1v) is 6.01. The summed E-state index contributed by atoms with van der Waals surface area (Å²) in [7, 11) is 4.13. The third-order valence-electron chi connectivity index (χ3n) is 3.10. The molecular formula is C11H25N3O2. The van der Waals surface area contributed by atoms with Gasteiger partial charge in [-0.15, -0.1) is 0 Å². The van der Waals surface area contributed by atoms with Crippen LogP contribution in [0.25, 0.3) is 0 Å². The van der Waals surface area contributed by atoms with Crippen LogP contribution in [0.15, 0.2) is 0 Å². The Morgan fingerprint density at radius 2 is 2.06 bits per heavy atom. The van der Waals surface area contributed by atoms with Crippen molar-refractivity contribution >= 4 is 0 Å². The summed E-state index contributed by atoms with van der Waals surface area (Å²) in [6.45, 7) is 4.00. The Hall–Kier alpha value is -0.200. The highest BCUT2D eigenvalue weighted by Gasteiger charge is 2.26. The van der Waals surface area contributed by atoms with Gasteiger partial charge in [-0.3, -0.25) is 4.90 Å². The first kappa shape index (κ1) is 13.9. The average Bonchev–Trinajstić information content (AvgIpc) is 2.28. The van der Waals surface area contributed by atoms with Crippen LogP contribution in [-0.4, -0.2) is 85.6 Å². The Balaban J connectivity index is 2.33. The van der Waals surface area contributed by atoms with Crippen molar-refractivity contribution in [3.63, 3.8) is 0 Å². The minimum atomic E-state index is 0.155. The smallest absolute Gasteiger partial charge is 0.0599 e. The molecule has 1 heterocycles. The number of piperazine rings is 1. The monoisotopic (exact) mass is 231 g/mol. The molecule has 0 bridgehead atoms.